The maximum Gasteiger partial charge on any atom is 0.0362 e. The predicted molar refractivity (Wildman–Crippen MR) is 239 cm³/mol. The first-order valence-corrected chi connectivity index (χ1v) is 20.1. The summed E-state index contributed by atoms with van der Waals surface area (Å²) in [4.78, 5) is 0. The zero-order valence-electron chi connectivity index (χ0n) is 29.1. The fourth-order valence-corrected chi connectivity index (χ4v) is 11.3. The topological polar surface area (TPSA) is 0 Å². The van der Waals surface area contributed by atoms with Gasteiger partial charge in [-0.15, -0.1) is 22.7 Å². The van der Waals surface area contributed by atoms with E-state index in [1.165, 1.54) is 117 Å². The summed E-state index contributed by atoms with van der Waals surface area (Å²) in [6.45, 7) is 0. The first-order valence-electron chi connectivity index (χ1n) is 18.5. The lowest BCUT2D eigenvalue weighted by atomic mass is 9.84. The van der Waals surface area contributed by atoms with Gasteiger partial charge in [0.2, 0.25) is 0 Å². The van der Waals surface area contributed by atoms with Crippen LogP contribution in [0.2, 0.25) is 0 Å². The molecule has 0 atom stereocenters. The summed E-state index contributed by atoms with van der Waals surface area (Å²) in [6.07, 6.45) is 0. The average Bonchev–Trinajstić information content (AvgIpc) is 3.79. The van der Waals surface area contributed by atoms with E-state index in [2.05, 4.69) is 182 Å². The molecule has 0 amide bonds. The minimum atomic E-state index is 1.23. The summed E-state index contributed by atoms with van der Waals surface area (Å²) in [7, 11) is 0. The number of benzene rings is 10. The van der Waals surface area contributed by atoms with E-state index in [1.54, 1.807) is 0 Å². The maximum absolute atomic E-state index is 2.43. The quantitative estimate of drug-likeness (QED) is 0.160. The number of rotatable bonds is 3. The Balaban J connectivity index is 0.989. The van der Waals surface area contributed by atoms with Crippen molar-refractivity contribution in [2.45, 2.75) is 0 Å². The highest BCUT2D eigenvalue weighted by Crippen LogP contribution is 2.47. The Morgan fingerprint density at radius 2 is 0.852 bits per heavy atom. The molecule has 0 spiro atoms. The molecule has 0 saturated heterocycles. The summed E-state index contributed by atoms with van der Waals surface area (Å²) < 4.78 is 5.38. The Bertz CT molecular complexity index is 3430. The molecule has 0 aliphatic rings. The van der Waals surface area contributed by atoms with Crippen LogP contribution in [-0.4, -0.2) is 0 Å². The van der Waals surface area contributed by atoms with E-state index in [-0.39, 0.29) is 0 Å². The molecule has 0 radical (unpaired) electrons. The third-order valence-corrected chi connectivity index (χ3v) is 13.7. The van der Waals surface area contributed by atoms with Gasteiger partial charge in [-0.3, -0.25) is 0 Å². The van der Waals surface area contributed by atoms with Crippen molar-refractivity contribution < 1.29 is 0 Å². The fraction of sp³-hybridized carbons (Fsp3) is 0. The molecule has 12 rings (SSSR count). The molecule has 2 heterocycles. The Labute approximate surface area is 319 Å². The van der Waals surface area contributed by atoms with Crippen LogP contribution >= 0.6 is 22.7 Å². The molecule has 12 aromatic rings. The zero-order chi connectivity index (χ0) is 35.3. The van der Waals surface area contributed by atoms with Gasteiger partial charge in [-0.05, 0) is 107 Å². The lowest BCUT2D eigenvalue weighted by Gasteiger charge is -2.19. The Kier molecular flexibility index (Phi) is 6.48. The van der Waals surface area contributed by atoms with E-state index in [0.717, 1.165) is 0 Å². The van der Waals surface area contributed by atoms with Gasteiger partial charge < -0.3 is 0 Å². The first kappa shape index (κ1) is 30.2. The normalized spacial score (nSPS) is 12.1. The van der Waals surface area contributed by atoms with E-state index in [0.29, 0.717) is 0 Å². The zero-order valence-corrected chi connectivity index (χ0v) is 30.8. The van der Waals surface area contributed by atoms with Gasteiger partial charge in [-0.1, -0.05) is 152 Å². The van der Waals surface area contributed by atoms with Crippen LogP contribution in [0.15, 0.2) is 182 Å². The fourth-order valence-electron chi connectivity index (χ4n) is 9.00. The summed E-state index contributed by atoms with van der Waals surface area (Å²) in [5.41, 5.74) is 7.58. The van der Waals surface area contributed by atoms with Crippen LogP contribution in [0, 0.1) is 0 Å². The Morgan fingerprint density at radius 3 is 1.63 bits per heavy atom. The number of hydrogen-bond donors (Lipinski definition) is 0. The minimum absolute atomic E-state index is 1.23. The summed E-state index contributed by atoms with van der Waals surface area (Å²) >= 11 is 3.80. The van der Waals surface area contributed by atoms with E-state index in [4.69, 9.17) is 0 Å². The van der Waals surface area contributed by atoms with Gasteiger partial charge in [-0.2, -0.15) is 0 Å². The van der Waals surface area contributed by atoms with Crippen LogP contribution in [0.5, 0.6) is 0 Å². The molecule has 0 saturated carbocycles. The van der Waals surface area contributed by atoms with Gasteiger partial charge in [0, 0.05) is 40.3 Å². The number of fused-ring (bicyclic) bond motifs is 11. The SMILES string of the molecule is c1ccc2c(-c3c4ccccc4c(-c4ccc(-c5ccc6c(c5)sc5ccc7cc8c(cc7c56)sc5ccccc58)cc4)c4ccccc34)cccc2c1. The maximum atomic E-state index is 2.43. The van der Waals surface area contributed by atoms with E-state index in [1.807, 2.05) is 22.7 Å². The lowest BCUT2D eigenvalue weighted by molar-refractivity contribution is 1.64. The van der Waals surface area contributed by atoms with Crippen molar-refractivity contribution in [1.29, 1.82) is 0 Å². The number of hydrogen-bond acceptors (Lipinski definition) is 2. The van der Waals surface area contributed by atoms with Crippen molar-refractivity contribution >= 4 is 106 Å². The molecule has 10 aromatic carbocycles. The van der Waals surface area contributed by atoms with Gasteiger partial charge in [0.1, 0.15) is 0 Å². The third-order valence-electron chi connectivity index (χ3n) is 11.4. The standard InChI is InChI=1S/C52H30S2/c1-2-12-36-32(10-1)11-9-18-38(36)51-41-16-5-3-14-39(41)50(40-15-4-6-17-42(40)51)33-22-20-31(21-23-33)34-24-26-43-48(29-34)54-47-27-25-35-28-45-37-13-7-8-19-46(37)53-49(45)30-44(35)52(43)47/h1-30H. The third kappa shape index (κ3) is 4.42. The second-order valence-electron chi connectivity index (χ2n) is 14.4. The molecule has 2 heteroatoms. The molecule has 250 valence electrons. The monoisotopic (exact) mass is 718 g/mol. The van der Waals surface area contributed by atoms with Crippen LogP contribution in [0.4, 0.5) is 0 Å². The van der Waals surface area contributed by atoms with E-state index < -0.39 is 0 Å². The van der Waals surface area contributed by atoms with E-state index >= 15 is 0 Å². The van der Waals surface area contributed by atoms with Crippen LogP contribution in [0.3, 0.4) is 0 Å². The van der Waals surface area contributed by atoms with Crippen molar-refractivity contribution in [3.63, 3.8) is 0 Å². The molecule has 0 aliphatic carbocycles. The molecule has 0 bridgehead atoms. The second kappa shape index (κ2) is 11.6. The van der Waals surface area contributed by atoms with Gasteiger partial charge in [-0.25, -0.2) is 0 Å². The van der Waals surface area contributed by atoms with Gasteiger partial charge in [0.25, 0.3) is 0 Å². The molecule has 0 N–H and O–H groups in total. The first-order chi connectivity index (χ1) is 26.8. The van der Waals surface area contributed by atoms with E-state index in [9.17, 15) is 0 Å². The van der Waals surface area contributed by atoms with Gasteiger partial charge >= 0.3 is 0 Å². The molecule has 0 nitrogen and oxygen atoms in total. The minimum Gasteiger partial charge on any atom is -0.135 e. The van der Waals surface area contributed by atoms with Gasteiger partial charge in [0.15, 0.2) is 0 Å². The van der Waals surface area contributed by atoms with Crippen LogP contribution in [0.1, 0.15) is 0 Å². The van der Waals surface area contributed by atoms with Crippen LogP contribution < -0.4 is 0 Å². The molecule has 0 unspecified atom stereocenters. The highest BCUT2D eigenvalue weighted by Gasteiger charge is 2.18. The van der Waals surface area contributed by atoms with Crippen molar-refractivity contribution in [3.05, 3.63) is 182 Å². The smallest absolute Gasteiger partial charge is 0.0362 e. The Morgan fingerprint density at radius 1 is 0.259 bits per heavy atom. The van der Waals surface area contributed by atoms with Crippen molar-refractivity contribution in [2.75, 3.05) is 0 Å². The van der Waals surface area contributed by atoms with Crippen molar-refractivity contribution in [2.24, 2.45) is 0 Å². The summed E-state index contributed by atoms with van der Waals surface area (Å²) in [5.74, 6) is 0. The second-order valence-corrected chi connectivity index (χ2v) is 16.5. The largest absolute Gasteiger partial charge is 0.135 e. The Hall–Kier alpha value is -6.32. The van der Waals surface area contributed by atoms with Crippen LogP contribution in [0.25, 0.3) is 117 Å². The van der Waals surface area contributed by atoms with Crippen LogP contribution in [-0.2, 0) is 0 Å². The number of thiophene rings is 2. The highest BCUT2D eigenvalue weighted by molar-refractivity contribution is 7.26. The molecular weight excluding hydrogens is 689 g/mol. The van der Waals surface area contributed by atoms with Crippen molar-refractivity contribution in [3.8, 4) is 33.4 Å². The highest BCUT2D eigenvalue weighted by atomic mass is 32.1. The average molecular weight is 719 g/mol. The lowest BCUT2D eigenvalue weighted by Crippen LogP contribution is -1.91. The molecule has 0 fully saturated rings. The molecule has 0 aliphatic heterocycles. The van der Waals surface area contributed by atoms with Gasteiger partial charge in [0.05, 0.1) is 0 Å². The molecule has 54 heavy (non-hydrogen) atoms. The van der Waals surface area contributed by atoms with Crippen molar-refractivity contribution in [1.82, 2.24) is 0 Å². The summed E-state index contributed by atoms with van der Waals surface area (Å²) in [5, 5.41) is 15.7. The predicted octanol–water partition coefficient (Wildman–Crippen LogP) is 16.0. The summed E-state index contributed by atoms with van der Waals surface area (Å²) in [6, 6.07) is 67.8. The molecular formula is C52H30S2. The molecule has 2 aromatic heterocycles.